The fourth-order valence-electron chi connectivity index (χ4n) is 3.58. The number of benzene rings is 1. The van der Waals surface area contributed by atoms with Crippen molar-refractivity contribution in [2.24, 2.45) is 7.05 Å². The Labute approximate surface area is 150 Å². The molecule has 136 valence electrons. The number of hydrogen-bond donors (Lipinski definition) is 1. The first-order chi connectivity index (χ1) is 12.6. The molecule has 4 rings (SSSR count). The zero-order valence-corrected chi connectivity index (χ0v) is 14.8. The quantitative estimate of drug-likeness (QED) is 0.757. The molecular formula is C18H21FN6O. The van der Waals surface area contributed by atoms with Gasteiger partial charge in [-0.2, -0.15) is 5.10 Å². The summed E-state index contributed by atoms with van der Waals surface area (Å²) in [6.45, 7) is 2.39. The Bertz CT molecular complexity index is 874. The van der Waals surface area contributed by atoms with Crippen LogP contribution in [0.3, 0.4) is 0 Å². The van der Waals surface area contributed by atoms with Crippen LogP contribution >= 0.6 is 0 Å². The van der Waals surface area contributed by atoms with Crippen molar-refractivity contribution in [3.8, 4) is 11.3 Å². The highest BCUT2D eigenvalue weighted by Crippen LogP contribution is 2.30. The summed E-state index contributed by atoms with van der Waals surface area (Å²) in [5.41, 5.74) is 3.87. The zero-order chi connectivity index (χ0) is 18.1. The van der Waals surface area contributed by atoms with Gasteiger partial charge in [-0.3, -0.25) is 14.7 Å². The molecule has 2 atom stereocenters. The smallest absolute Gasteiger partial charge is 0.123 e. The van der Waals surface area contributed by atoms with E-state index in [-0.39, 0.29) is 17.8 Å². The summed E-state index contributed by atoms with van der Waals surface area (Å²) in [5, 5.41) is 15.5. The van der Waals surface area contributed by atoms with Crippen molar-refractivity contribution in [3.05, 3.63) is 53.7 Å². The molecule has 1 saturated heterocycles. The van der Waals surface area contributed by atoms with Crippen LogP contribution in [0, 0.1) is 5.82 Å². The van der Waals surface area contributed by atoms with Crippen LogP contribution in [0.1, 0.15) is 17.2 Å². The maximum atomic E-state index is 13.2. The number of H-pyrrole nitrogens is 1. The Hall–Kier alpha value is -2.58. The van der Waals surface area contributed by atoms with Gasteiger partial charge < -0.3 is 4.74 Å². The second-order valence-electron chi connectivity index (χ2n) is 6.67. The van der Waals surface area contributed by atoms with Crippen molar-refractivity contribution in [2.45, 2.75) is 18.6 Å². The van der Waals surface area contributed by atoms with Crippen LogP contribution in [0.2, 0.25) is 0 Å². The van der Waals surface area contributed by atoms with E-state index >= 15 is 0 Å². The maximum Gasteiger partial charge on any atom is 0.123 e. The molecule has 0 aliphatic carbocycles. The van der Waals surface area contributed by atoms with Gasteiger partial charge >= 0.3 is 0 Å². The minimum atomic E-state index is -0.246. The predicted molar refractivity (Wildman–Crippen MR) is 93.8 cm³/mol. The molecule has 1 fully saturated rings. The van der Waals surface area contributed by atoms with Gasteiger partial charge in [0.05, 0.1) is 23.7 Å². The number of aromatic amines is 1. The fourth-order valence-corrected chi connectivity index (χ4v) is 3.58. The summed E-state index contributed by atoms with van der Waals surface area (Å²) < 4.78 is 20.6. The Balaban J connectivity index is 1.52. The molecule has 0 amide bonds. The summed E-state index contributed by atoms with van der Waals surface area (Å²) >= 11 is 0. The van der Waals surface area contributed by atoms with E-state index in [2.05, 4.69) is 25.4 Å². The van der Waals surface area contributed by atoms with E-state index in [0.717, 1.165) is 42.1 Å². The van der Waals surface area contributed by atoms with Crippen LogP contribution in [0.4, 0.5) is 4.39 Å². The molecule has 2 aromatic heterocycles. The van der Waals surface area contributed by atoms with Gasteiger partial charge in [0.1, 0.15) is 5.82 Å². The van der Waals surface area contributed by atoms with Gasteiger partial charge in [0.2, 0.25) is 0 Å². The molecule has 26 heavy (non-hydrogen) atoms. The number of nitrogens with one attached hydrogen (secondary N) is 1. The van der Waals surface area contributed by atoms with E-state index in [1.54, 1.807) is 23.9 Å². The normalized spacial score (nSPS) is 20.7. The summed E-state index contributed by atoms with van der Waals surface area (Å²) in [4.78, 5) is 2.32. The van der Waals surface area contributed by atoms with E-state index < -0.39 is 0 Å². The first-order valence-corrected chi connectivity index (χ1v) is 8.53. The lowest BCUT2D eigenvalue weighted by molar-refractivity contribution is 0.0957. The summed E-state index contributed by atoms with van der Waals surface area (Å²) in [7, 11) is 3.60. The Morgan fingerprint density at radius 1 is 1.27 bits per heavy atom. The minimum Gasteiger partial charge on any atom is -0.379 e. The third kappa shape index (κ3) is 3.25. The molecule has 1 aliphatic rings. The molecule has 1 aromatic carbocycles. The summed E-state index contributed by atoms with van der Waals surface area (Å²) in [6, 6.07) is 6.44. The zero-order valence-electron chi connectivity index (χ0n) is 14.8. The second-order valence-corrected chi connectivity index (χ2v) is 6.67. The van der Waals surface area contributed by atoms with Crippen LogP contribution < -0.4 is 0 Å². The van der Waals surface area contributed by atoms with Crippen molar-refractivity contribution >= 4 is 0 Å². The van der Waals surface area contributed by atoms with Crippen molar-refractivity contribution in [1.29, 1.82) is 0 Å². The lowest BCUT2D eigenvalue weighted by atomic mass is 10.0. The maximum absolute atomic E-state index is 13.2. The standard InChI is InChI=1S/C18H21FN6O/c1-24-10-16(21-23-24)15-9-25(11-17(15)26-2)8-13-7-20-22-18(13)12-3-5-14(19)6-4-12/h3-7,10,15,17H,8-9,11H2,1-2H3,(H,20,22)/t15-,17+/m0/s1. The molecule has 0 saturated carbocycles. The Morgan fingerprint density at radius 3 is 2.77 bits per heavy atom. The van der Waals surface area contributed by atoms with Crippen LogP contribution in [0.5, 0.6) is 0 Å². The molecule has 1 aliphatic heterocycles. The van der Waals surface area contributed by atoms with E-state index in [0.29, 0.717) is 0 Å². The first kappa shape index (κ1) is 16.9. The van der Waals surface area contributed by atoms with Gasteiger partial charge in [-0.05, 0) is 24.3 Å². The molecule has 7 nitrogen and oxygen atoms in total. The largest absolute Gasteiger partial charge is 0.379 e. The van der Waals surface area contributed by atoms with Gasteiger partial charge in [0.15, 0.2) is 0 Å². The average Bonchev–Trinajstić information content (AvgIpc) is 3.35. The SMILES string of the molecule is CO[C@@H]1CN(Cc2cn[nH]c2-c2ccc(F)cc2)C[C@H]1c1cn(C)nn1. The number of likely N-dealkylation sites (tertiary alicyclic amines) is 1. The minimum absolute atomic E-state index is 0.0767. The molecule has 0 radical (unpaired) electrons. The average molecular weight is 356 g/mol. The van der Waals surface area contributed by atoms with Crippen molar-refractivity contribution in [3.63, 3.8) is 0 Å². The molecule has 0 spiro atoms. The molecule has 0 bridgehead atoms. The predicted octanol–water partition coefficient (Wildman–Crippen LogP) is 1.96. The van der Waals surface area contributed by atoms with Crippen molar-refractivity contribution < 1.29 is 9.13 Å². The van der Waals surface area contributed by atoms with E-state index in [1.807, 2.05) is 19.4 Å². The summed E-state index contributed by atoms with van der Waals surface area (Å²) in [6.07, 6.45) is 3.85. The molecular weight excluding hydrogens is 335 g/mol. The van der Waals surface area contributed by atoms with E-state index in [4.69, 9.17) is 4.74 Å². The van der Waals surface area contributed by atoms with Crippen LogP contribution in [0.25, 0.3) is 11.3 Å². The monoisotopic (exact) mass is 356 g/mol. The first-order valence-electron chi connectivity index (χ1n) is 8.53. The molecule has 0 unspecified atom stereocenters. The number of rotatable bonds is 5. The topological polar surface area (TPSA) is 71.9 Å². The molecule has 1 N–H and O–H groups in total. The lowest BCUT2D eigenvalue weighted by Crippen LogP contribution is -2.22. The van der Waals surface area contributed by atoms with Crippen LogP contribution in [-0.4, -0.2) is 56.4 Å². The van der Waals surface area contributed by atoms with Gasteiger partial charge in [0.25, 0.3) is 0 Å². The number of aryl methyl sites for hydroxylation is 1. The van der Waals surface area contributed by atoms with Gasteiger partial charge in [0, 0.05) is 57.0 Å². The molecule has 3 aromatic rings. The van der Waals surface area contributed by atoms with Gasteiger partial charge in [-0.1, -0.05) is 5.21 Å². The molecule has 8 heteroatoms. The highest BCUT2D eigenvalue weighted by Gasteiger charge is 2.36. The number of halogens is 1. The number of hydrogen-bond acceptors (Lipinski definition) is 5. The Kier molecular flexibility index (Phi) is 4.52. The summed E-state index contributed by atoms with van der Waals surface area (Å²) in [5.74, 6) is -0.0565. The molecule has 3 heterocycles. The Morgan fingerprint density at radius 2 is 2.08 bits per heavy atom. The van der Waals surface area contributed by atoms with E-state index in [1.165, 1.54) is 12.1 Å². The highest BCUT2D eigenvalue weighted by molar-refractivity contribution is 5.62. The number of methoxy groups -OCH3 is 1. The third-order valence-corrected chi connectivity index (χ3v) is 4.89. The number of aromatic nitrogens is 5. The fraction of sp³-hybridized carbons (Fsp3) is 0.389. The van der Waals surface area contributed by atoms with Crippen molar-refractivity contribution in [1.82, 2.24) is 30.1 Å². The lowest BCUT2D eigenvalue weighted by Gasteiger charge is -2.15. The van der Waals surface area contributed by atoms with Crippen LogP contribution in [-0.2, 0) is 18.3 Å². The van der Waals surface area contributed by atoms with E-state index in [9.17, 15) is 4.39 Å². The third-order valence-electron chi connectivity index (χ3n) is 4.89. The number of nitrogens with zero attached hydrogens (tertiary/aromatic N) is 5. The van der Waals surface area contributed by atoms with Crippen LogP contribution in [0.15, 0.2) is 36.7 Å². The van der Waals surface area contributed by atoms with Gasteiger partial charge in [-0.25, -0.2) is 4.39 Å². The van der Waals surface area contributed by atoms with Gasteiger partial charge in [-0.15, -0.1) is 5.10 Å². The second kappa shape index (κ2) is 6.97. The number of ether oxygens (including phenoxy) is 1. The van der Waals surface area contributed by atoms with Crippen molar-refractivity contribution in [2.75, 3.05) is 20.2 Å². The highest BCUT2D eigenvalue weighted by atomic mass is 19.1.